The van der Waals surface area contributed by atoms with E-state index in [1.165, 1.54) is 12.8 Å². The van der Waals surface area contributed by atoms with Crippen LogP contribution in [0.5, 0.6) is 0 Å². The normalized spacial score (nSPS) is 24.5. The highest BCUT2D eigenvalue weighted by molar-refractivity contribution is 6.11. The summed E-state index contributed by atoms with van der Waals surface area (Å²) >= 11 is 0. The molecule has 2 aliphatic heterocycles. The van der Waals surface area contributed by atoms with Gasteiger partial charge in [-0.2, -0.15) is 5.10 Å². The van der Waals surface area contributed by atoms with Gasteiger partial charge in [0, 0.05) is 11.9 Å². The second-order valence-electron chi connectivity index (χ2n) is 9.24. The zero-order valence-electron chi connectivity index (χ0n) is 18.1. The van der Waals surface area contributed by atoms with E-state index in [0.717, 1.165) is 60.3 Å². The van der Waals surface area contributed by atoms with Crippen molar-refractivity contribution in [3.63, 3.8) is 0 Å². The number of aromatic nitrogens is 2. The first-order valence-electron chi connectivity index (χ1n) is 11.7. The summed E-state index contributed by atoms with van der Waals surface area (Å²) in [5, 5.41) is 15.7. The van der Waals surface area contributed by atoms with Crippen LogP contribution in [0.4, 0.5) is 11.4 Å². The first-order chi connectivity index (χ1) is 15.7. The molecule has 3 heterocycles. The zero-order chi connectivity index (χ0) is 21.5. The highest BCUT2D eigenvalue weighted by atomic mass is 16.2. The number of hydrogen-bond acceptors (Lipinski definition) is 4. The number of hydrogen-bond donors (Lipinski definition) is 3. The maximum Gasteiger partial charge on any atom is 0.275 e. The molecule has 164 valence electrons. The van der Waals surface area contributed by atoms with Crippen molar-refractivity contribution in [2.75, 3.05) is 23.7 Å². The van der Waals surface area contributed by atoms with Crippen LogP contribution in [0.3, 0.4) is 0 Å². The highest BCUT2D eigenvalue weighted by Gasteiger charge is 2.45. The van der Waals surface area contributed by atoms with Gasteiger partial charge in [-0.15, -0.1) is 0 Å². The Hall–Kier alpha value is -3.35. The largest absolute Gasteiger partial charge is 0.370 e. The number of amidine groups is 1. The molecule has 1 amide bonds. The molecule has 7 nitrogen and oxygen atoms in total. The minimum atomic E-state index is -0.406. The van der Waals surface area contributed by atoms with Crippen LogP contribution < -0.4 is 10.6 Å². The van der Waals surface area contributed by atoms with Gasteiger partial charge in [0.05, 0.1) is 29.5 Å². The van der Waals surface area contributed by atoms with Crippen molar-refractivity contribution >= 4 is 34.0 Å². The summed E-state index contributed by atoms with van der Waals surface area (Å²) in [4.78, 5) is 20.7. The number of para-hydroxylation sites is 3. The van der Waals surface area contributed by atoms with Crippen LogP contribution in [0.2, 0.25) is 0 Å². The summed E-state index contributed by atoms with van der Waals surface area (Å²) < 4.78 is 0. The lowest BCUT2D eigenvalue weighted by atomic mass is 9.84. The number of piperidine rings is 1. The van der Waals surface area contributed by atoms with E-state index in [9.17, 15) is 4.79 Å². The fraction of sp³-hybridized carbons (Fsp3) is 0.400. The minimum Gasteiger partial charge on any atom is -0.370 e. The van der Waals surface area contributed by atoms with E-state index in [1.807, 2.05) is 41.3 Å². The molecule has 0 unspecified atom stereocenters. The number of aliphatic imine (C=N–C) groups is 1. The molecule has 1 aromatic heterocycles. The Labute approximate surface area is 187 Å². The number of anilines is 2. The van der Waals surface area contributed by atoms with Crippen molar-refractivity contribution in [1.29, 1.82) is 0 Å². The molecule has 1 saturated carbocycles. The van der Waals surface area contributed by atoms with Crippen molar-refractivity contribution in [1.82, 2.24) is 15.1 Å². The summed E-state index contributed by atoms with van der Waals surface area (Å²) in [6, 6.07) is 16.4. The number of H-pyrrole nitrogens is 1. The molecule has 1 spiro atoms. The second-order valence-corrected chi connectivity index (χ2v) is 9.24. The van der Waals surface area contributed by atoms with Gasteiger partial charge in [0.15, 0.2) is 5.69 Å². The van der Waals surface area contributed by atoms with E-state index in [1.54, 1.807) is 0 Å². The van der Waals surface area contributed by atoms with Gasteiger partial charge < -0.3 is 15.5 Å². The first kappa shape index (κ1) is 19.3. The van der Waals surface area contributed by atoms with E-state index in [4.69, 9.17) is 4.99 Å². The maximum atomic E-state index is 13.6. The number of fused-ring (bicyclic) bond motifs is 2. The summed E-state index contributed by atoms with van der Waals surface area (Å²) in [7, 11) is 0. The monoisotopic (exact) mass is 428 g/mol. The van der Waals surface area contributed by atoms with Crippen LogP contribution >= 0.6 is 0 Å². The number of aromatic amines is 1. The van der Waals surface area contributed by atoms with Crippen molar-refractivity contribution < 1.29 is 4.79 Å². The molecule has 3 N–H and O–H groups in total. The third-order valence-corrected chi connectivity index (χ3v) is 7.10. The third kappa shape index (κ3) is 3.23. The van der Waals surface area contributed by atoms with E-state index in [-0.39, 0.29) is 5.91 Å². The molecular formula is C25H28N6O. The highest BCUT2D eigenvalue weighted by Crippen LogP contribution is 2.37. The van der Waals surface area contributed by atoms with Gasteiger partial charge in [0.25, 0.3) is 5.91 Å². The Bertz CT molecular complexity index is 1190. The maximum absolute atomic E-state index is 13.6. The SMILES string of the molecule is O=C(c1n[nH]c2ccccc12)N1CCC[C@@]2(C1)Nc1ccccc1NC2=NC1CCCC1. The van der Waals surface area contributed by atoms with Gasteiger partial charge in [-0.25, -0.2) is 0 Å². The molecule has 1 saturated heterocycles. The van der Waals surface area contributed by atoms with E-state index in [2.05, 4.69) is 33.0 Å². The molecule has 1 atom stereocenters. The molecule has 2 aromatic carbocycles. The zero-order valence-corrected chi connectivity index (χ0v) is 18.1. The van der Waals surface area contributed by atoms with Gasteiger partial charge in [-0.05, 0) is 43.9 Å². The summed E-state index contributed by atoms with van der Waals surface area (Å²) in [5.41, 5.74) is 3.10. The van der Waals surface area contributed by atoms with Gasteiger partial charge in [-0.1, -0.05) is 43.2 Å². The van der Waals surface area contributed by atoms with Gasteiger partial charge in [0.2, 0.25) is 0 Å². The predicted octanol–water partition coefficient (Wildman–Crippen LogP) is 4.42. The second kappa shape index (κ2) is 7.65. The van der Waals surface area contributed by atoms with E-state index < -0.39 is 5.54 Å². The average Bonchev–Trinajstić information content (AvgIpc) is 3.49. The Kier molecular flexibility index (Phi) is 4.63. The number of rotatable bonds is 2. The molecule has 3 aromatic rings. The van der Waals surface area contributed by atoms with Gasteiger partial charge in [0.1, 0.15) is 11.4 Å². The molecule has 1 aliphatic carbocycles. The lowest BCUT2D eigenvalue weighted by Gasteiger charge is -2.47. The Morgan fingerprint density at radius 1 is 1.03 bits per heavy atom. The number of nitrogens with one attached hydrogen (secondary N) is 3. The molecule has 0 radical (unpaired) electrons. The Morgan fingerprint density at radius 2 is 1.81 bits per heavy atom. The quantitative estimate of drug-likeness (QED) is 0.564. The van der Waals surface area contributed by atoms with Crippen molar-refractivity contribution in [2.45, 2.75) is 50.1 Å². The number of likely N-dealkylation sites (tertiary alicyclic amines) is 1. The number of amides is 1. The molecule has 7 heteroatoms. The average molecular weight is 429 g/mol. The number of carbonyl (C=O) groups is 1. The lowest BCUT2D eigenvalue weighted by Crippen LogP contribution is -2.62. The fourth-order valence-corrected chi connectivity index (χ4v) is 5.44. The van der Waals surface area contributed by atoms with Gasteiger partial charge in [-0.3, -0.25) is 14.9 Å². The molecule has 2 fully saturated rings. The van der Waals surface area contributed by atoms with Gasteiger partial charge >= 0.3 is 0 Å². The summed E-state index contributed by atoms with van der Waals surface area (Å²) in [5.74, 6) is 0.954. The standard InChI is InChI=1S/C25H28N6O/c32-23(22-18-10-3-4-11-19(18)29-30-22)31-15-7-14-25(16-31)24(26-17-8-1-2-9-17)27-20-12-5-6-13-21(20)28-25/h3-6,10-13,17,28H,1-2,7-9,14-16H2,(H,26,27)(H,29,30)/t25-/m0/s1. The summed E-state index contributed by atoms with van der Waals surface area (Å²) in [6.45, 7) is 1.29. The topological polar surface area (TPSA) is 85.4 Å². The van der Waals surface area contributed by atoms with Crippen molar-refractivity contribution in [3.8, 4) is 0 Å². The minimum absolute atomic E-state index is 0.0256. The molecule has 32 heavy (non-hydrogen) atoms. The smallest absolute Gasteiger partial charge is 0.275 e. The fourth-order valence-electron chi connectivity index (χ4n) is 5.44. The van der Waals surface area contributed by atoms with Crippen LogP contribution in [-0.2, 0) is 0 Å². The van der Waals surface area contributed by atoms with Crippen molar-refractivity contribution in [2.24, 2.45) is 4.99 Å². The molecule has 6 rings (SSSR count). The van der Waals surface area contributed by atoms with Crippen LogP contribution in [-0.4, -0.2) is 51.5 Å². The van der Waals surface area contributed by atoms with Crippen LogP contribution in [0.15, 0.2) is 53.5 Å². The van der Waals surface area contributed by atoms with Crippen LogP contribution in [0.1, 0.15) is 49.0 Å². The van der Waals surface area contributed by atoms with Crippen LogP contribution in [0, 0.1) is 0 Å². The summed E-state index contributed by atoms with van der Waals surface area (Å²) in [6.07, 6.45) is 6.62. The van der Waals surface area contributed by atoms with Crippen molar-refractivity contribution in [3.05, 3.63) is 54.2 Å². The number of carbonyl (C=O) groups excluding carboxylic acids is 1. The van der Waals surface area contributed by atoms with E-state index in [0.29, 0.717) is 18.3 Å². The molecule has 0 bridgehead atoms. The first-order valence-corrected chi connectivity index (χ1v) is 11.7. The number of nitrogens with zero attached hydrogens (tertiary/aromatic N) is 3. The molecular weight excluding hydrogens is 400 g/mol. The Balaban J connectivity index is 1.35. The third-order valence-electron chi connectivity index (χ3n) is 7.10. The van der Waals surface area contributed by atoms with Crippen LogP contribution in [0.25, 0.3) is 10.9 Å². The van der Waals surface area contributed by atoms with E-state index >= 15 is 0 Å². The Morgan fingerprint density at radius 3 is 2.69 bits per heavy atom. The lowest BCUT2D eigenvalue weighted by molar-refractivity contribution is 0.0690. The number of benzene rings is 2. The molecule has 3 aliphatic rings. The predicted molar refractivity (Wildman–Crippen MR) is 127 cm³/mol.